The van der Waals surface area contributed by atoms with Gasteiger partial charge in [0.05, 0.1) is 22.3 Å². The van der Waals surface area contributed by atoms with Crippen molar-refractivity contribution in [3.8, 4) is 11.4 Å². The molecule has 0 N–H and O–H groups in total. The number of halogens is 3. The number of alkyl halides is 3. The third-order valence-electron chi connectivity index (χ3n) is 3.46. The van der Waals surface area contributed by atoms with E-state index < -0.39 is 11.7 Å². The number of aryl methyl sites for hydroxylation is 3. The van der Waals surface area contributed by atoms with E-state index in [-0.39, 0.29) is 16.7 Å². The zero-order chi connectivity index (χ0) is 16.1. The fourth-order valence-corrected chi connectivity index (χ4v) is 2.48. The molecule has 0 aromatic carbocycles. The molecule has 0 unspecified atom stereocenters. The molecule has 0 spiro atoms. The number of hydrogen-bond acceptors (Lipinski definition) is 3. The van der Waals surface area contributed by atoms with Crippen LogP contribution in [0.5, 0.6) is 0 Å². The molecule has 3 aromatic rings. The van der Waals surface area contributed by atoms with Gasteiger partial charge in [0.2, 0.25) is 0 Å². The predicted octanol–water partition coefficient (Wildman–Crippen LogP) is 3.18. The molecule has 0 aliphatic rings. The van der Waals surface area contributed by atoms with E-state index in [2.05, 4.69) is 15.2 Å². The maximum Gasteiger partial charge on any atom is 0.417 e. The quantitative estimate of drug-likeness (QED) is 0.730. The van der Waals surface area contributed by atoms with Gasteiger partial charge in [-0.2, -0.15) is 23.4 Å². The van der Waals surface area contributed by atoms with Gasteiger partial charge < -0.3 is 0 Å². The Morgan fingerprint density at radius 1 is 1.18 bits per heavy atom. The molecular formula is C14H14F3N5. The van der Waals surface area contributed by atoms with Crippen molar-refractivity contribution in [1.82, 2.24) is 24.5 Å². The molecule has 0 fully saturated rings. The van der Waals surface area contributed by atoms with Crippen LogP contribution in [0, 0.1) is 6.92 Å². The van der Waals surface area contributed by atoms with Crippen LogP contribution < -0.4 is 0 Å². The van der Waals surface area contributed by atoms with Gasteiger partial charge >= 0.3 is 6.18 Å². The highest BCUT2D eigenvalue weighted by Gasteiger charge is 2.35. The summed E-state index contributed by atoms with van der Waals surface area (Å²) in [6.07, 6.45) is -2.81. The number of pyridine rings is 1. The first-order chi connectivity index (χ1) is 10.3. The fraction of sp³-hybridized carbons (Fsp3) is 0.357. The lowest BCUT2D eigenvalue weighted by Gasteiger charge is -2.10. The van der Waals surface area contributed by atoms with Crippen LogP contribution in [0.15, 0.2) is 18.3 Å². The molecule has 0 amide bonds. The molecule has 0 aliphatic carbocycles. The number of nitrogens with zero attached hydrogens (tertiary/aromatic N) is 5. The summed E-state index contributed by atoms with van der Waals surface area (Å²) < 4.78 is 43.3. The second-order valence-corrected chi connectivity index (χ2v) is 5.03. The predicted molar refractivity (Wildman–Crippen MR) is 75.1 cm³/mol. The smallest absolute Gasteiger partial charge is 0.275 e. The zero-order valence-corrected chi connectivity index (χ0v) is 12.3. The summed E-state index contributed by atoms with van der Waals surface area (Å²) in [6, 6.07) is 2.67. The van der Waals surface area contributed by atoms with Gasteiger partial charge in [0.25, 0.3) is 0 Å². The normalized spacial score (nSPS) is 12.3. The molecule has 116 valence electrons. The molecule has 0 bridgehead atoms. The van der Waals surface area contributed by atoms with Crippen LogP contribution in [0.2, 0.25) is 0 Å². The van der Waals surface area contributed by atoms with Crippen molar-refractivity contribution in [2.45, 2.75) is 26.6 Å². The van der Waals surface area contributed by atoms with Gasteiger partial charge in [-0.15, -0.1) is 0 Å². The van der Waals surface area contributed by atoms with Gasteiger partial charge in [0, 0.05) is 19.8 Å². The Hall–Kier alpha value is -2.38. The minimum Gasteiger partial charge on any atom is -0.275 e. The summed E-state index contributed by atoms with van der Waals surface area (Å²) in [5.41, 5.74) is 0.418. The highest BCUT2D eigenvalue weighted by molar-refractivity contribution is 5.85. The van der Waals surface area contributed by atoms with Gasteiger partial charge in [0.15, 0.2) is 5.65 Å². The second kappa shape index (κ2) is 4.82. The monoisotopic (exact) mass is 309 g/mol. The molecule has 5 nitrogen and oxygen atoms in total. The van der Waals surface area contributed by atoms with Crippen molar-refractivity contribution in [3.05, 3.63) is 29.6 Å². The molecule has 0 saturated heterocycles. The number of rotatable bonds is 2. The van der Waals surface area contributed by atoms with Gasteiger partial charge in [-0.05, 0) is 26.0 Å². The van der Waals surface area contributed by atoms with E-state index in [4.69, 9.17) is 0 Å². The van der Waals surface area contributed by atoms with Crippen LogP contribution in [-0.2, 0) is 19.8 Å². The lowest BCUT2D eigenvalue weighted by molar-refractivity contribution is -0.136. The molecule has 0 atom stereocenters. The Kier molecular flexibility index (Phi) is 3.19. The molecule has 22 heavy (non-hydrogen) atoms. The van der Waals surface area contributed by atoms with Crippen LogP contribution in [0.3, 0.4) is 0 Å². The molecule has 3 heterocycles. The van der Waals surface area contributed by atoms with Gasteiger partial charge in [-0.1, -0.05) is 0 Å². The van der Waals surface area contributed by atoms with E-state index in [0.717, 1.165) is 6.07 Å². The van der Waals surface area contributed by atoms with E-state index in [1.165, 1.54) is 9.36 Å². The summed E-state index contributed by atoms with van der Waals surface area (Å²) in [6.45, 7) is 3.82. The van der Waals surface area contributed by atoms with Crippen LogP contribution >= 0.6 is 0 Å². The highest BCUT2D eigenvalue weighted by atomic mass is 19.4. The lowest BCUT2D eigenvalue weighted by atomic mass is 10.1. The summed E-state index contributed by atoms with van der Waals surface area (Å²) in [4.78, 5) is 4.35. The molecular weight excluding hydrogens is 295 g/mol. The minimum atomic E-state index is -4.48. The van der Waals surface area contributed by atoms with E-state index in [0.29, 0.717) is 17.9 Å². The lowest BCUT2D eigenvalue weighted by Crippen LogP contribution is -2.08. The average molecular weight is 309 g/mol. The van der Waals surface area contributed by atoms with Crippen molar-refractivity contribution < 1.29 is 13.2 Å². The largest absolute Gasteiger partial charge is 0.417 e. The third-order valence-corrected chi connectivity index (χ3v) is 3.46. The Morgan fingerprint density at radius 2 is 1.91 bits per heavy atom. The first-order valence-corrected chi connectivity index (χ1v) is 6.76. The van der Waals surface area contributed by atoms with Crippen molar-refractivity contribution in [2.75, 3.05) is 0 Å². The third kappa shape index (κ3) is 2.24. The Labute approximate surface area is 124 Å². The Morgan fingerprint density at radius 3 is 2.45 bits per heavy atom. The number of fused-ring (bicyclic) bond motifs is 1. The van der Waals surface area contributed by atoms with Crippen LogP contribution in [0.25, 0.3) is 22.4 Å². The van der Waals surface area contributed by atoms with Crippen LogP contribution in [-0.4, -0.2) is 24.5 Å². The molecule has 3 aromatic heterocycles. The zero-order valence-electron chi connectivity index (χ0n) is 12.3. The Balaban J connectivity index is 2.37. The van der Waals surface area contributed by atoms with E-state index in [9.17, 15) is 13.2 Å². The van der Waals surface area contributed by atoms with E-state index in [1.54, 1.807) is 26.2 Å². The van der Waals surface area contributed by atoms with Crippen LogP contribution in [0.4, 0.5) is 13.2 Å². The summed E-state index contributed by atoms with van der Waals surface area (Å²) >= 11 is 0. The first kappa shape index (κ1) is 14.6. The number of aromatic nitrogens is 5. The van der Waals surface area contributed by atoms with Gasteiger partial charge in [-0.25, -0.2) is 9.67 Å². The number of hydrogen-bond donors (Lipinski definition) is 0. The van der Waals surface area contributed by atoms with Crippen LogP contribution in [0.1, 0.15) is 18.2 Å². The molecule has 0 aliphatic heterocycles. The Bertz CT molecular complexity index is 844. The highest BCUT2D eigenvalue weighted by Crippen LogP contribution is 2.37. The minimum absolute atomic E-state index is 0.0500. The second-order valence-electron chi connectivity index (χ2n) is 5.03. The van der Waals surface area contributed by atoms with E-state index in [1.807, 2.05) is 6.92 Å². The van der Waals surface area contributed by atoms with Gasteiger partial charge in [0.1, 0.15) is 5.69 Å². The molecule has 0 saturated carbocycles. The van der Waals surface area contributed by atoms with Crippen molar-refractivity contribution in [2.24, 2.45) is 7.05 Å². The maximum atomic E-state index is 13.4. The first-order valence-electron chi connectivity index (χ1n) is 6.76. The molecule has 0 radical (unpaired) electrons. The van der Waals surface area contributed by atoms with E-state index >= 15 is 0 Å². The van der Waals surface area contributed by atoms with Crippen molar-refractivity contribution in [1.29, 1.82) is 0 Å². The standard InChI is InChI=1S/C14H14F3N5/c1-4-22-13-12(8(2)19-22)9(14(15,16)17)7-11(18-13)10-5-6-21(3)20-10/h5-7H,4H2,1-3H3. The van der Waals surface area contributed by atoms with Gasteiger partial charge in [-0.3, -0.25) is 4.68 Å². The summed E-state index contributed by atoms with van der Waals surface area (Å²) in [5.74, 6) is 0. The topological polar surface area (TPSA) is 48.5 Å². The maximum absolute atomic E-state index is 13.4. The molecule has 8 heteroatoms. The summed E-state index contributed by atoms with van der Waals surface area (Å²) in [7, 11) is 1.70. The van der Waals surface area contributed by atoms with Crippen molar-refractivity contribution in [3.63, 3.8) is 0 Å². The molecule has 3 rings (SSSR count). The summed E-state index contributed by atoms with van der Waals surface area (Å²) in [5, 5.41) is 8.33. The SMILES string of the molecule is CCn1nc(C)c2c(C(F)(F)F)cc(-c3ccn(C)n3)nc21. The van der Waals surface area contributed by atoms with Crippen molar-refractivity contribution >= 4 is 11.0 Å². The average Bonchev–Trinajstić information content (AvgIpc) is 3.01. The fourth-order valence-electron chi connectivity index (χ4n) is 2.48.